The number of aromatic nitrogens is 2. The van der Waals surface area contributed by atoms with Crippen molar-refractivity contribution in [3.63, 3.8) is 0 Å². The van der Waals surface area contributed by atoms with Crippen LogP contribution in [0.3, 0.4) is 0 Å². The average molecular weight is 352 g/mol. The number of hydrogen-bond donors (Lipinski definition) is 1. The fourth-order valence-corrected chi connectivity index (χ4v) is 2.85. The Hall–Kier alpha value is -1.95. The van der Waals surface area contributed by atoms with E-state index in [0.29, 0.717) is 11.0 Å². The Kier molecular flexibility index (Phi) is 3.63. The summed E-state index contributed by atoms with van der Waals surface area (Å²) in [5.74, 6) is -1.25. The highest BCUT2D eigenvalue weighted by Crippen LogP contribution is 2.28. The van der Waals surface area contributed by atoms with Gasteiger partial charge in [0.25, 0.3) is 0 Å². The van der Waals surface area contributed by atoms with E-state index in [1.165, 1.54) is 6.07 Å². The Morgan fingerprint density at radius 1 is 1.24 bits per heavy atom. The second-order valence-corrected chi connectivity index (χ2v) is 5.54. The van der Waals surface area contributed by atoms with Crippen LogP contribution in [-0.4, -0.2) is 9.78 Å². The summed E-state index contributed by atoms with van der Waals surface area (Å²) in [6.45, 7) is 0.350. The highest BCUT2D eigenvalue weighted by molar-refractivity contribution is 9.10. The summed E-state index contributed by atoms with van der Waals surface area (Å²) in [7, 11) is 1.86. The number of rotatable bonds is 3. The molecule has 0 aliphatic rings. The summed E-state index contributed by atoms with van der Waals surface area (Å²) >= 11 is 3.16. The van der Waals surface area contributed by atoms with E-state index in [2.05, 4.69) is 26.3 Å². The molecule has 0 unspecified atom stereocenters. The maximum Gasteiger partial charge on any atom is 0.150 e. The van der Waals surface area contributed by atoms with E-state index in [0.717, 1.165) is 22.7 Å². The number of hydrogen-bond acceptors (Lipinski definition) is 2. The third kappa shape index (κ3) is 2.63. The lowest BCUT2D eigenvalue weighted by molar-refractivity contribution is 0.583. The number of halogens is 3. The first-order valence-corrected chi connectivity index (χ1v) is 7.14. The molecule has 0 aliphatic heterocycles. The molecule has 0 bridgehead atoms. The van der Waals surface area contributed by atoms with Gasteiger partial charge < -0.3 is 5.32 Å². The smallest absolute Gasteiger partial charge is 0.150 e. The van der Waals surface area contributed by atoms with Crippen molar-refractivity contribution in [2.45, 2.75) is 6.54 Å². The van der Waals surface area contributed by atoms with Crippen LogP contribution in [0, 0.1) is 11.6 Å². The van der Waals surface area contributed by atoms with Crippen LogP contribution in [0.5, 0.6) is 0 Å². The molecule has 1 aromatic heterocycles. The highest BCUT2D eigenvalue weighted by atomic mass is 79.9. The molecular formula is C15H12BrF2N3. The number of aryl methyl sites for hydroxylation is 1. The molecule has 1 N–H and O–H groups in total. The minimum Gasteiger partial charge on any atom is -0.376 e. The van der Waals surface area contributed by atoms with Crippen molar-refractivity contribution in [3.8, 4) is 0 Å². The predicted octanol–water partition coefficient (Wildman–Crippen LogP) is 4.23. The van der Waals surface area contributed by atoms with Gasteiger partial charge in [0, 0.05) is 23.0 Å². The molecule has 0 atom stereocenters. The summed E-state index contributed by atoms with van der Waals surface area (Å²) < 4.78 is 29.0. The maximum atomic E-state index is 13.8. The number of nitrogens with zero attached hydrogens (tertiary/aromatic N) is 2. The third-order valence-corrected chi connectivity index (χ3v) is 3.90. The van der Waals surface area contributed by atoms with E-state index < -0.39 is 11.6 Å². The van der Waals surface area contributed by atoms with Crippen molar-refractivity contribution in [1.29, 1.82) is 0 Å². The second-order valence-electron chi connectivity index (χ2n) is 4.69. The highest BCUT2D eigenvalue weighted by Gasteiger charge is 2.12. The minimum atomic E-state index is -0.637. The molecule has 0 amide bonds. The summed E-state index contributed by atoms with van der Waals surface area (Å²) in [5, 5.41) is 8.40. The molecule has 0 radical (unpaired) electrons. The van der Waals surface area contributed by atoms with Crippen LogP contribution < -0.4 is 5.32 Å². The largest absolute Gasteiger partial charge is 0.376 e. The first-order chi connectivity index (χ1) is 10.1. The summed E-state index contributed by atoms with van der Waals surface area (Å²) in [6, 6.07) is 9.89. The minimum absolute atomic E-state index is 0.228. The molecule has 3 rings (SSSR count). The van der Waals surface area contributed by atoms with E-state index in [-0.39, 0.29) is 5.69 Å². The SMILES string of the molecule is Cn1nc(CNc2c(F)cc(F)cc2Br)c2ccccc21. The van der Waals surface area contributed by atoms with Crippen LogP contribution in [-0.2, 0) is 13.6 Å². The van der Waals surface area contributed by atoms with Gasteiger partial charge in [-0.1, -0.05) is 18.2 Å². The van der Waals surface area contributed by atoms with E-state index in [4.69, 9.17) is 0 Å². The zero-order chi connectivity index (χ0) is 15.0. The monoisotopic (exact) mass is 351 g/mol. The third-order valence-electron chi connectivity index (χ3n) is 3.27. The lowest BCUT2D eigenvalue weighted by Gasteiger charge is -2.09. The van der Waals surface area contributed by atoms with E-state index in [1.54, 1.807) is 4.68 Å². The molecule has 21 heavy (non-hydrogen) atoms. The summed E-state index contributed by atoms with van der Waals surface area (Å²) in [6.07, 6.45) is 0. The van der Waals surface area contributed by atoms with E-state index in [9.17, 15) is 8.78 Å². The maximum absolute atomic E-state index is 13.8. The summed E-state index contributed by atoms with van der Waals surface area (Å²) in [5.41, 5.74) is 2.04. The molecule has 1 heterocycles. The van der Waals surface area contributed by atoms with Crippen molar-refractivity contribution in [3.05, 3.63) is 58.2 Å². The number of fused-ring (bicyclic) bond motifs is 1. The van der Waals surface area contributed by atoms with Crippen molar-refractivity contribution in [2.75, 3.05) is 5.32 Å². The van der Waals surface area contributed by atoms with Crippen LogP contribution in [0.25, 0.3) is 10.9 Å². The van der Waals surface area contributed by atoms with Gasteiger partial charge in [-0.15, -0.1) is 0 Å². The number of anilines is 1. The Balaban J connectivity index is 1.91. The molecule has 2 aromatic carbocycles. The second kappa shape index (κ2) is 5.44. The molecule has 108 valence electrons. The fraction of sp³-hybridized carbons (Fsp3) is 0.133. The molecule has 3 nitrogen and oxygen atoms in total. The Morgan fingerprint density at radius 2 is 2.00 bits per heavy atom. The zero-order valence-electron chi connectivity index (χ0n) is 11.2. The van der Waals surface area contributed by atoms with Gasteiger partial charge in [-0.2, -0.15) is 5.10 Å². The van der Waals surface area contributed by atoms with Crippen LogP contribution in [0.2, 0.25) is 0 Å². The lowest BCUT2D eigenvalue weighted by Crippen LogP contribution is -2.04. The van der Waals surface area contributed by atoms with Crippen LogP contribution in [0.15, 0.2) is 40.9 Å². The Labute approximate surface area is 128 Å². The average Bonchev–Trinajstić information content (AvgIpc) is 2.75. The molecule has 6 heteroatoms. The molecule has 0 aliphatic carbocycles. The first-order valence-electron chi connectivity index (χ1n) is 6.35. The number of nitrogens with one attached hydrogen (secondary N) is 1. The predicted molar refractivity (Wildman–Crippen MR) is 82.1 cm³/mol. The van der Waals surface area contributed by atoms with Gasteiger partial charge in [0.1, 0.15) is 11.6 Å². The zero-order valence-corrected chi connectivity index (χ0v) is 12.8. The number of benzene rings is 2. The Morgan fingerprint density at radius 3 is 2.76 bits per heavy atom. The fourth-order valence-electron chi connectivity index (χ4n) is 2.30. The topological polar surface area (TPSA) is 29.9 Å². The molecule has 0 spiro atoms. The molecule has 0 fully saturated rings. The standard InChI is InChI=1S/C15H12BrF2N3/c1-21-14-5-3-2-4-10(14)13(20-21)8-19-15-11(16)6-9(17)7-12(15)18/h2-7,19H,8H2,1H3. The van der Waals surface area contributed by atoms with Crippen molar-refractivity contribution in [1.82, 2.24) is 9.78 Å². The van der Waals surface area contributed by atoms with Crippen molar-refractivity contribution in [2.24, 2.45) is 7.05 Å². The van der Waals surface area contributed by atoms with Crippen LogP contribution in [0.1, 0.15) is 5.69 Å². The van der Waals surface area contributed by atoms with Gasteiger partial charge >= 0.3 is 0 Å². The Bertz CT molecular complexity index is 791. The normalized spacial score (nSPS) is 11.0. The van der Waals surface area contributed by atoms with Gasteiger partial charge in [0.15, 0.2) is 0 Å². The molecular weight excluding hydrogens is 340 g/mol. The molecule has 0 saturated carbocycles. The summed E-state index contributed by atoms with van der Waals surface area (Å²) in [4.78, 5) is 0. The molecule has 0 saturated heterocycles. The van der Waals surface area contributed by atoms with Gasteiger partial charge in [-0.05, 0) is 28.1 Å². The quantitative estimate of drug-likeness (QED) is 0.765. The van der Waals surface area contributed by atoms with E-state index in [1.807, 2.05) is 31.3 Å². The van der Waals surface area contributed by atoms with Crippen LogP contribution in [0.4, 0.5) is 14.5 Å². The van der Waals surface area contributed by atoms with Gasteiger partial charge in [0.05, 0.1) is 23.4 Å². The van der Waals surface area contributed by atoms with E-state index >= 15 is 0 Å². The van der Waals surface area contributed by atoms with Crippen molar-refractivity contribution >= 4 is 32.5 Å². The number of para-hydroxylation sites is 1. The van der Waals surface area contributed by atoms with Gasteiger partial charge in [-0.25, -0.2) is 8.78 Å². The van der Waals surface area contributed by atoms with Crippen LogP contribution >= 0.6 is 15.9 Å². The molecule has 3 aromatic rings. The van der Waals surface area contributed by atoms with Gasteiger partial charge in [0.2, 0.25) is 0 Å². The first kappa shape index (κ1) is 14.0. The lowest BCUT2D eigenvalue weighted by atomic mass is 10.2. The van der Waals surface area contributed by atoms with Crippen molar-refractivity contribution < 1.29 is 8.78 Å². The van der Waals surface area contributed by atoms with Gasteiger partial charge in [-0.3, -0.25) is 4.68 Å².